The summed E-state index contributed by atoms with van der Waals surface area (Å²) in [6.45, 7) is 0. The second-order valence-electron chi connectivity index (χ2n) is 1.41. The summed E-state index contributed by atoms with van der Waals surface area (Å²) in [5.41, 5.74) is 6.18. The molecule has 0 saturated heterocycles. The van der Waals surface area contributed by atoms with Crippen molar-refractivity contribution in [2.24, 2.45) is 0 Å². The van der Waals surface area contributed by atoms with Crippen LogP contribution in [-0.4, -0.2) is 12.2 Å². The van der Waals surface area contributed by atoms with Crippen molar-refractivity contribution in [1.82, 2.24) is 0 Å². The summed E-state index contributed by atoms with van der Waals surface area (Å²) in [7, 11) is 1.00. The molecule has 0 bridgehead atoms. The molecule has 0 fully saturated rings. The molecule has 2 nitrogen and oxygen atoms in total. The maximum Gasteiger partial charge on any atom is 1.00 e. The summed E-state index contributed by atoms with van der Waals surface area (Å²) in [5, 5.41) is 7.00. The molecule has 0 aromatic heterocycles. The van der Waals surface area contributed by atoms with Gasteiger partial charge in [-0.2, -0.15) is 0 Å². The molecule has 0 saturated carbocycles. The zero-order chi connectivity index (χ0) is 7.11. The fourth-order valence-electron chi connectivity index (χ4n) is 0.453. The Morgan fingerprint density at radius 3 is 1.80 bits per heavy atom. The molecule has 0 amide bonds. The van der Waals surface area contributed by atoms with Crippen molar-refractivity contribution in [3.63, 3.8) is 0 Å². The number of aliphatic hydroxyl groups is 1. The first-order valence-corrected chi connectivity index (χ1v) is 2.65. The molecule has 1 aromatic carbocycles. The van der Waals surface area contributed by atoms with Crippen LogP contribution in [0.1, 0.15) is 1.43 Å². The van der Waals surface area contributed by atoms with Gasteiger partial charge in [0.05, 0.1) is 0 Å². The molecule has 0 heterocycles. The molecule has 1 aromatic rings. The van der Waals surface area contributed by atoms with E-state index in [1.807, 2.05) is 30.3 Å². The first-order chi connectivity index (χ1) is 4.39. The van der Waals surface area contributed by atoms with Crippen LogP contribution >= 0.6 is 0 Å². The zero-order valence-corrected chi connectivity index (χ0v) is 9.53. The van der Waals surface area contributed by atoms with E-state index >= 15 is 0 Å². The molecule has 3 heteroatoms. The second-order valence-corrected chi connectivity index (χ2v) is 1.41. The quantitative estimate of drug-likeness (QED) is 0.345. The minimum Gasteiger partial charge on any atom is -1.00 e. The van der Waals surface area contributed by atoms with Gasteiger partial charge in [0.25, 0.3) is 0 Å². The maximum atomic E-state index is 7.00. The zero-order valence-electron chi connectivity index (χ0n) is 7.41. The van der Waals surface area contributed by atoms with Crippen molar-refractivity contribution >= 4 is 5.69 Å². The fraction of sp³-hybridized carbons (Fsp3) is 0.143. The van der Waals surface area contributed by atoms with Crippen LogP contribution in [0.5, 0.6) is 0 Å². The van der Waals surface area contributed by atoms with Gasteiger partial charge in [-0.05, 0) is 12.1 Å². The van der Waals surface area contributed by atoms with Crippen LogP contribution in [0.25, 0.3) is 0 Å². The van der Waals surface area contributed by atoms with Crippen LogP contribution in [-0.2, 0) is 0 Å². The Balaban J connectivity index is -0.000000149. The second kappa shape index (κ2) is 9.62. The van der Waals surface area contributed by atoms with E-state index in [0.717, 1.165) is 12.8 Å². The van der Waals surface area contributed by atoms with E-state index in [-0.39, 0.29) is 52.8 Å². The Hall–Kier alpha value is 0.616. The first kappa shape index (κ1) is 13.2. The molecule has 10 heavy (non-hydrogen) atoms. The van der Waals surface area contributed by atoms with E-state index in [1.54, 1.807) is 0 Å². The topological polar surface area (TPSA) is 46.2 Å². The number of para-hydroxylation sites is 1. The van der Waals surface area contributed by atoms with Gasteiger partial charge in [0.15, 0.2) is 0 Å². The molecule has 0 atom stereocenters. The summed E-state index contributed by atoms with van der Waals surface area (Å²) in [5.74, 6) is 0. The van der Waals surface area contributed by atoms with Crippen LogP contribution in [0.15, 0.2) is 30.3 Å². The molecular weight excluding hydrogens is 153 g/mol. The molecule has 0 radical (unpaired) electrons. The number of hydrogen-bond acceptors (Lipinski definition) is 2. The summed E-state index contributed by atoms with van der Waals surface area (Å²) >= 11 is 0. The normalized spacial score (nSPS) is 6.60. The standard InChI is InChI=1S/C6H7N.CH4O.K.H/c7-6-4-2-1-3-5-6;1-2;;/h1-5H,7H2;2H,1H3;;/q;;+1;-1. The average molecular weight is 165 g/mol. The largest absolute Gasteiger partial charge is 1.00 e. The summed E-state index contributed by atoms with van der Waals surface area (Å²) in [6.07, 6.45) is 0. The van der Waals surface area contributed by atoms with Crippen LogP contribution in [0.2, 0.25) is 0 Å². The van der Waals surface area contributed by atoms with Gasteiger partial charge < -0.3 is 12.3 Å². The Bertz CT molecular complexity index is 148. The van der Waals surface area contributed by atoms with Gasteiger partial charge in [0.2, 0.25) is 0 Å². The third-order valence-electron chi connectivity index (χ3n) is 0.800. The molecule has 3 N–H and O–H groups in total. The summed E-state index contributed by atoms with van der Waals surface area (Å²) in [6, 6.07) is 9.49. The molecular formula is C7H12KNO. The summed E-state index contributed by atoms with van der Waals surface area (Å²) in [4.78, 5) is 0. The minimum absolute atomic E-state index is 0. The third-order valence-corrected chi connectivity index (χ3v) is 0.800. The number of benzene rings is 1. The monoisotopic (exact) mass is 165 g/mol. The van der Waals surface area contributed by atoms with E-state index < -0.39 is 0 Å². The average Bonchev–Trinajstić information content (AvgIpc) is 1.94. The predicted molar refractivity (Wildman–Crippen MR) is 40.1 cm³/mol. The van der Waals surface area contributed by atoms with Crippen molar-refractivity contribution in [3.05, 3.63) is 30.3 Å². The smallest absolute Gasteiger partial charge is 1.00 e. The Morgan fingerprint density at radius 2 is 1.60 bits per heavy atom. The van der Waals surface area contributed by atoms with Crippen LogP contribution in [0.3, 0.4) is 0 Å². The van der Waals surface area contributed by atoms with Gasteiger partial charge in [-0.1, -0.05) is 18.2 Å². The van der Waals surface area contributed by atoms with Gasteiger partial charge >= 0.3 is 51.4 Å². The molecule has 0 unspecified atom stereocenters. The number of hydrogen-bond donors (Lipinski definition) is 2. The van der Waals surface area contributed by atoms with Crippen molar-refractivity contribution in [1.29, 1.82) is 0 Å². The van der Waals surface area contributed by atoms with E-state index in [4.69, 9.17) is 10.8 Å². The Labute approximate surface area is 105 Å². The van der Waals surface area contributed by atoms with Crippen LogP contribution < -0.4 is 57.1 Å². The number of anilines is 1. The molecule has 1 rings (SSSR count). The van der Waals surface area contributed by atoms with Crippen molar-refractivity contribution in [3.8, 4) is 0 Å². The van der Waals surface area contributed by atoms with Crippen molar-refractivity contribution < 1.29 is 57.9 Å². The Kier molecular flexibility index (Phi) is 12.7. The third kappa shape index (κ3) is 6.73. The van der Waals surface area contributed by atoms with Crippen molar-refractivity contribution in [2.45, 2.75) is 0 Å². The Morgan fingerprint density at radius 1 is 1.20 bits per heavy atom. The van der Waals surface area contributed by atoms with Gasteiger partial charge in [0, 0.05) is 12.8 Å². The molecule has 0 aliphatic carbocycles. The fourth-order valence-corrected chi connectivity index (χ4v) is 0.453. The van der Waals surface area contributed by atoms with E-state index in [1.165, 1.54) is 0 Å². The van der Waals surface area contributed by atoms with Gasteiger partial charge in [-0.15, -0.1) is 0 Å². The molecule has 0 aliphatic rings. The van der Waals surface area contributed by atoms with Gasteiger partial charge in [-0.3, -0.25) is 0 Å². The van der Waals surface area contributed by atoms with Crippen LogP contribution in [0, 0.1) is 0 Å². The van der Waals surface area contributed by atoms with Crippen LogP contribution in [0.4, 0.5) is 5.69 Å². The van der Waals surface area contributed by atoms with Gasteiger partial charge in [0.1, 0.15) is 0 Å². The molecule has 52 valence electrons. The van der Waals surface area contributed by atoms with Crippen molar-refractivity contribution in [2.75, 3.05) is 12.8 Å². The van der Waals surface area contributed by atoms with E-state index in [2.05, 4.69) is 0 Å². The SMILES string of the molecule is CO.Nc1ccccc1.[H-].[K+]. The maximum absolute atomic E-state index is 7.00. The summed E-state index contributed by atoms with van der Waals surface area (Å²) < 4.78 is 0. The first-order valence-electron chi connectivity index (χ1n) is 2.65. The van der Waals surface area contributed by atoms with E-state index in [9.17, 15) is 0 Å². The number of rotatable bonds is 0. The number of nitrogen functional groups attached to an aromatic ring is 1. The molecule has 0 aliphatic heterocycles. The van der Waals surface area contributed by atoms with Gasteiger partial charge in [-0.25, -0.2) is 0 Å². The minimum atomic E-state index is 0. The number of nitrogens with two attached hydrogens (primary N) is 1. The predicted octanol–water partition coefficient (Wildman–Crippen LogP) is -2.01. The molecule has 0 spiro atoms. The van der Waals surface area contributed by atoms with E-state index in [0.29, 0.717) is 0 Å². The number of aliphatic hydroxyl groups excluding tert-OH is 1.